The zero-order valence-corrected chi connectivity index (χ0v) is 15.6. The zero-order chi connectivity index (χ0) is 18.4. The van der Waals surface area contributed by atoms with E-state index in [-0.39, 0.29) is 5.24 Å². The molecule has 3 nitrogen and oxygen atoms in total. The predicted molar refractivity (Wildman–Crippen MR) is 111 cm³/mol. The number of benzene rings is 3. The van der Waals surface area contributed by atoms with Crippen LogP contribution >= 0.6 is 11.8 Å². The Morgan fingerprint density at radius 1 is 1.00 bits per heavy atom. The summed E-state index contributed by atoms with van der Waals surface area (Å²) in [4.78, 5) is 14.4. The fraction of sp³-hybridized carbons (Fsp3) is 0.136. The van der Waals surface area contributed by atoms with E-state index in [1.54, 1.807) is 19.0 Å². The Morgan fingerprint density at radius 3 is 2.54 bits per heavy atom. The van der Waals surface area contributed by atoms with Crippen LogP contribution in [0.2, 0.25) is 0 Å². The molecule has 3 aromatic rings. The lowest BCUT2D eigenvalue weighted by Gasteiger charge is -2.12. The van der Waals surface area contributed by atoms with Crippen molar-refractivity contribution >= 4 is 33.5 Å². The first-order valence-corrected chi connectivity index (χ1v) is 9.15. The fourth-order valence-electron chi connectivity index (χ4n) is 2.44. The molecule has 0 heterocycles. The number of nitrogens with zero attached hydrogens (tertiary/aromatic N) is 1. The van der Waals surface area contributed by atoms with E-state index in [9.17, 15) is 4.79 Å². The zero-order valence-electron chi connectivity index (χ0n) is 14.8. The lowest BCUT2D eigenvalue weighted by molar-refractivity contribution is 0.241. The van der Waals surface area contributed by atoms with Crippen LogP contribution in [-0.2, 0) is 0 Å². The molecule has 4 heteroatoms. The van der Waals surface area contributed by atoms with Crippen LogP contribution in [-0.4, -0.2) is 30.8 Å². The second-order valence-corrected chi connectivity index (χ2v) is 6.97. The van der Waals surface area contributed by atoms with Gasteiger partial charge >= 0.3 is 0 Å². The molecule has 3 aromatic carbocycles. The highest BCUT2D eigenvalue weighted by molar-refractivity contribution is 8.13. The highest BCUT2D eigenvalue weighted by Crippen LogP contribution is 2.28. The average molecular weight is 360 g/mol. The van der Waals surface area contributed by atoms with Crippen molar-refractivity contribution in [2.24, 2.45) is 0 Å². The molecule has 1 N–H and O–H groups in total. The molecule has 0 aromatic heterocycles. The normalized spacial score (nSPS) is 10.1. The molecule has 1 amide bonds. The van der Waals surface area contributed by atoms with Gasteiger partial charge in [0, 0.05) is 30.2 Å². The van der Waals surface area contributed by atoms with Gasteiger partial charge in [-0.3, -0.25) is 4.79 Å². The number of carbonyl (C=O) groups excluding carboxylic acids is 1. The summed E-state index contributed by atoms with van der Waals surface area (Å²) in [5.41, 5.74) is 1.91. The summed E-state index contributed by atoms with van der Waals surface area (Å²) in [5, 5.41) is 5.71. The summed E-state index contributed by atoms with van der Waals surface area (Å²) in [6.07, 6.45) is 0. The molecule has 0 radical (unpaired) electrons. The van der Waals surface area contributed by atoms with Crippen LogP contribution in [0.3, 0.4) is 0 Å². The van der Waals surface area contributed by atoms with Gasteiger partial charge in [-0.1, -0.05) is 54.3 Å². The Morgan fingerprint density at radius 2 is 1.73 bits per heavy atom. The second kappa shape index (κ2) is 8.46. The third-order valence-corrected chi connectivity index (χ3v) is 4.91. The minimum Gasteiger partial charge on any atom is -0.373 e. The fourth-order valence-corrected chi connectivity index (χ4v) is 3.21. The van der Waals surface area contributed by atoms with E-state index in [1.165, 1.54) is 22.5 Å². The number of rotatable bonds is 3. The van der Waals surface area contributed by atoms with Crippen molar-refractivity contribution < 1.29 is 4.79 Å². The maximum absolute atomic E-state index is 11.9. The van der Waals surface area contributed by atoms with E-state index in [0.29, 0.717) is 6.54 Å². The van der Waals surface area contributed by atoms with Gasteiger partial charge in [-0.15, -0.1) is 0 Å². The number of hydrogen-bond donors (Lipinski definition) is 1. The van der Waals surface area contributed by atoms with Crippen molar-refractivity contribution in [2.45, 2.75) is 4.90 Å². The van der Waals surface area contributed by atoms with Gasteiger partial charge in [0.05, 0.1) is 6.54 Å². The first-order chi connectivity index (χ1) is 12.6. The number of para-hydroxylation sites is 1. The monoisotopic (exact) mass is 360 g/mol. The Balaban J connectivity index is 1.66. The van der Waals surface area contributed by atoms with Crippen molar-refractivity contribution in [1.82, 2.24) is 4.90 Å². The predicted octanol–water partition coefficient (Wildman–Crippen LogP) is 5.08. The van der Waals surface area contributed by atoms with Gasteiger partial charge in [0.15, 0.2) is 0 Å². The van der Waals surface area contributed by atoms with Crippen molar-refractivity contribution in [3.63, 3.8) is 0 Å². The molecular weight excluding hydrogens is 340 g/mol. The van der Waals surface area contributed by atoms with Gasteiger partial charge < -0.3 is 10.2 Å². The van der Waals surface area contributed by atoms with Gasteiger partial charge in [0.1, 0.15) is 0 Å². The summed E-state index contributed by atoms with van der Waals surface area (Å²) in [6, 6.07) is 22.3. The molecule has 0 aliphatic rings. The summed E-state index contributed by atoms with van der Waals surface area (Å²) in [5.74, 6) is 6.34. The highest BCUT2D eigenvalue weighted by atomic mass is 32.2. The van der Waals surface area contributed by atoms with Gasteiger partial charge in [-0.25, -0.2) is 0 Å². The lowest BCUT2D eigenvalue weighted by atomic mass is 10.1. The number of amides is 1. The smallest absolute Gasteiger partial charge is 0.286 e. The Labute approximate surface area is 158 Å². The van der Waals surface area contributed by atoms with Crippen LogP contribution in [0.4, 0.5) is 10.5 Å². The summed E-state index contributed by atoms with van der Waals surface area (Å²) >= 11 is 1.21. The SMILES string of the molecule is CN(C)C(=O)Sc1ccccc1NCC#Cc1ccc2ccccc2c1. The first kappa shape index (κ1) is 17.9. The van der Waals surface area contributed by atoms with E-state index < -0.39 is 0 Å². The van der Waals surface area contributed by atoms with Gasteiger partial charge in [0.25, 0.3) is 5.24 Å². The number of carbonyl (C=O) groups is 1. The minimum absolute atomic E-state index is 0.00139. The van der Waals surface area contributed by atoms with Crippen molar-refractivity contribution in [2.75, 3.05) is 26.0 Å². The maximum atomic E-state index is 11.9. The van der Waals surface area contributed by atoms with Gasteiger partial charge in [-0.05, 0) is 46.8 Å². The maximum Gasteiger partial charge on any atom is 0.286 e. The standard InChI is InChI=1S/C22H20N2OS/c1-24(2)22(25)26-21-12-6-5-11-20(21)23-15-7-8-17-13-14-18-9-3-4-10-19(18)16-17/h3-6,9-14,16,23H,15H2,1-2H3. The van der Waals surface area contributed by atoms with Crippen LogP contribution in [0.25, 0.3) is 10.8 Å². The van der Waals surface area contributed by atoms with E-state index >= 15 is 0 Å². The minimum atomic E-state index is 0.00139. The molecule has 130 valence electrons. The van der Waals surface area contributed by atoms with Crippen LogP contribution in [0.15, 0.2) is 71.6 Å². The molecule has 26 heavy (non-hydrogen) atoms. The van der Waals surface area contributed by atoms with Crippen LogP contribution in [0, 0.1) is 11.8 Å². The number of hydrogen-bond acceptors (Lipinski definition) is 3. The molecule has 0 aliphatic carbocycles. The van der Waals surface area contributed by atoms with E-state index in [4.69, 9.17) is 0 Å². The van der Waals surface area contributed by atoms with Crippen LogP contribution in [0.5, 0.6) is 0 Å². The summed E-state index contributed by atoms with van der Waals surface area (Å²) < 4.78 is 0. The third kappa shape index (κ3) is 4.59. The lowest BCUT2D eigenvalue weighted by Crippen LogP contribution is -2.16. The molecule has 0 saturated heterocycles. The summed E-state index contributed by atoms with van der Waals surface area (Å²) in [7, 11) is 3.50. The Hall–Kier alpha value is -2.90. The van der Waals surface area contributed by atoms with Crippen LogP contribution in [0.1, 0.15) is 5.56 Å². The third-order valence-electron chi connectivity index (χ3n) is 3.80. The number of fused-ring (bicyclic) bond motifs is 1. The molecule has 0 aliphatic heterocycles. The molecule has 0 unspecified atom stereocenters. The molecule has 0 spiro atoms. The number of anilines is 1. The number of thioether (sulfide) groups is 1. The molecular formula is C22H20N2OS. The largest absolute Gasteiger partial charge is 0.373 e. The molecule has 0 bridgehead atoms. The Kier molecular flexibility index (Phi) is 5.83. The Bertz CT molecular complexity index is 986. The second-order valence-electron chi connectivity index (χ2n) is 5.98. The van der Waals surface area contributed by atoms with E-state index in [0.717, 1.165) is 16.1 Å². The molecule has 0 atom stereocenters. The summed E-state index contributed by atoms with van der Waals surface area (Å²) in [6.45, 7) is 0.514. The highest BCUT2D eigenvalue weighted by Gasteiger charge is 2.09. The average Bonchev–Trinajstić information content (AvgIpc) is 2.66. The molecule has 3 rings (SSSR count). The van der Waals surface area contributed by atoms with Crippen molar-refractivity contribution in [3.05, 3.63) is 72.3 Å². The molecule has 0 saturated carbocycles. The number of nitrogens with one attached hydrogen (secondary N) is 1. The quantitative estimate of drug-likeness (QED) is 0.522. The van der Waals surface area contributed by atoms with Gasteiger partial charge in [0.2, 0.25) is 0 Å². The van der Waals surface area contributed by atoms with Gasteiger partial charge in [-0.2, -0.15) is 0 Å². The first-order valence-electron chi connectivity index (χ1n) is 8.33. The topological polar surface area (TPSA) is 32.3 Å². The van der Waals surface area contributed by atoms with E-state index in [2.05, 4.69) is 41.4 Å². The van der Waals surface area contributed by atoms with Crippen molar-refractivity contribution in [1.29, 1.82) is 0 Å². The van der Waals surface area contributed by atoms with E-state index in [1.807, 2.05) is 42.5 Å². The van der Waals surface area contributed by atoms with Crippen molar-refractivity contribution in [3.8, 4) is 11.8 Å². The van der Waals surface area contributed by atoms with Crippen LogP contribution < -0.4 is 5.32 Å². The molecule has 0 fully saturated rings.